The van der Waals surface area contributed by atoms with Crippen LogP contribution >= 0.6 is 11.8 Å². The lowest BCUT2D eigenvalue weighted by Gasteiger charge is -2.12. The first-order chi connectivity index (χ1) is 11.9. The average Bonchev–Trinajstić information content (AvgIpc) is 2.93. The van der Waals surface area contributed by atoms with E-state index in [9.17, 15) is 26.3 Å². The molecule has 0 bridgehead atoms. The number of thioether (sulfide) groups is 1. The zero-order chi connectivity index (χ0) is 19.7. The van der Waals surface area contributed by atoms with E-state index in [0.717, 1.165) is 10.7 Å². The number of aromatic nitrogens is 2. The minimum Gasteiger partial charge on any atom is -0.409 e. The predicted octanol–water partition coefficient (Wildman–Crippen LogP) is 3.85. The van der Waals surface area contributed by atoms with Gasteiger partial charge in [0.15, 0.2) is 11.5 Å². The van der Waals surface area contributed by atoms with Crippen molar-refractivity contribution in [3.63, 3.8) is 0 Å². The highest BCUT2D eigenvalue weighted by Crippen LogP contribution is 2.35. The standard InChI is InChI=1S/C14H12F6N4OS/c1-24-9(5-11(22-24)14(18,19)20)7-2-3-8(12(21)23-25)10(4-7)26-6-13(15,16)17/h2-5,25H,6H2,1H3,(H2,21,23). The molecule has 1 aromatic carbocycles. The molecule has 0 saturated heterocycles. The van der Waals surface area contributed by atoms with Gasteiger partial charge in [0.05, 0.1) is 11.4 Å². The molecule has 1 heterocycles. The molecule has 2 rings (SSSR count). The average molecular weight is 398 g/mol. The van der Waals surface area contributed by atoms with Crippen molar-refractivity contribution in [2.75, 3.05) is 5.75 Å². The minimum atomic E-state index is -4.65. The quantitative estimate of drug-likeness (QED) is 0.205. The molecule has 0 aliphatic heterocycles. The molecular weight excluding hydrogens is 386 g/mol. The summed E-state index contributed by atoms with van der Waals surface area (Å²) in [7, 11) is 1.28. The lowest BCUT2D eigenvalue weighted by molar-refractivity contribution is -0.141. The number of hydrogen-bond acceptors (Lipinski definition) is 4. The van der Waals surface area contributed by atoms with Gasteiger partial charge < -0.3 is 10.9 Å². The normalized spacial score (nSPS) is 13.3. The molecule has 0 aliphatic carbocycles. The molecular formula is C14H12F6N4OS. The van der Waals surface area contributed by atoms with Crippen LogP contribution in [-0.4, -0.2) is 32.8 Å². The van der Waals surface area contributed by atoms with Crippen LogP contribution in [0, 0.1) is 0 Å². The fraction of sp³-hybridized carbons (Fsp3) is 0.286. The van der Waals surface area contributed by atoms with Gasteiger partial charge in [0.2, 0.25) is 0 Å². The number of nitrogens with zero attached hydrogens (tertiary/aromatic N) is 3. The van der Waals surface area contributed by atoms with Gasteiger partial charge >= 0.3 is 12.4 Å². The van der Waals surface area contributed by atoms with E-state index in [-0.39, 0.29) is 21.7 Å². The zero-order valence-electron chi connectivity index (χ0n) is 13.1. The molecule has 0 saturated carbocycles. The summed E-state index contributed by atoms with van der Waals surface area (Å²) in [5.74, 6) is -1.66. The van der Waals surface area contributed by atoms with E-state index in [0.29, 0.717) is 11.8 Å². The molecule has 0 radical (unpaired) electrons. The Balaban J connectivity index is 2.50. The summed E-state index contributed by atoms with van der Waals surface area (Å²) in [4.78, 5) is 0.00452. The highest BCUT2D eigenvalue weighted by molar-refractivity contribution is 7.99. The van der Waals surface area contributed by atoms with E-state index < -0.39 is 29.6 Å². The summed E-state index contributed by atoms with van der Waals surface area (Å²) < 4.78 is 76.8. The van der Waals surface area contributed by atoms with E-state index in [1.54, 1.807) is 0 Å². The van der Waals surface area contributed by atoms with Crippen molar-refractivity contribution < 1.29 is 31.5 Å². The van der Waals surface area contributed by atoms with E-state index >= 15 is 0 Å². The smallest absolute Gasteiger partial charge is 0.409 e. The van der Waals surface area contributed by atoms with E-state index in [4.69, 9.17) is 10.9 Å². The molecule has 0 unspecified atom stereocenters. The first-order valence-corrected chi connectivity index (χ1v) is 7.84. The van der Waals surface area contributed by atoms with Crippen LogP contribution in [-0.2, 0) is 13.2 Å². The molecule has 0 aliphatic rings. The molecule has 0 fully saturated rings. The highest BCUT2D eigenvalue weighted by Gasteiger charge is 2.35. The lowest BCUT2D eigenvalue weighted by atomic mass is 10.1. The van der Waals surface area contributed by atoms with E-state index in [1.165, 1.54) is 25.2 Å². The van der Waals surface area contributed by atoms with Crippen molar-refractivity contribution in [1.82, 2.24) is 9.78 Å². The topological polar surface area (TPSA) is 76.4 Å². The van der Waals surface area contributed by atoms with Crippen LogP contribution in [0.5, 0.6) is 0 Å². The summed E-state index contributed by atoms with van der Waals surface area (Å²) >= 11 is 0.376. The van der Waals surface area contributed by atoms with Crippen LogP contribution in [0.15, 0.2) is 34.3 Å². The Hall–Kier alpha value is -2.37. The van der Waals surface area contributed by atoms with Crippen molar-refractivity contribution in [3.05, 3.63) is 35.5 Å². The second-order valence-corrected chi connectivity index (χ2v) is 6.15. The zero-order valence-corrected chi connectivity index (χ0v) is 13.9. The van der Waals surface area contributed by atoms with Gasteiger partial charge in [0, 0.05) is 23.1 Å². The van der Waals surface area contributed by atoms with Crippen LogP contribution in [0.2, 0.25) is 0 Å². The van der Waals surface area contributed by atoms with Crippen LogP contribution in [0.1, 0.15) is 11.3 Å². The molecule has 5 nitrogen and oxygen atoms in total. The van der Waals surface area contributed by atoms with Gasteiger partial charge in [-0.3, -0.25) is 4.68 Å². The molecule has 0 spiro atoms. The third-order valence-corrected chi connectivity index (χ3v) is 4.34. The van der Waals surface area contributed by atoms with Gasteiger partial charge in [0.1, 0.15) is 0 Å². The largest absolute Gasteiger partial charge is 0.435 e. The fourth-order valence-electron chi connectivity index (χ4n) is 2.10. The molecule has 2 aromatic rings. The number of nitrogens with two attached hydrogens (primary N) is 1. The first-order valence-electron chi connectivity index (χ1n) is 6.85. The van der Waals surface area contributed by atoms with Crippen molar-refractivity contribution in [2.45, 2.75) is 17.2 Å². The van der Waals surface area contributed by atoms with Crippen molar-refractivity contribution in [3.8, 4) is 11.3 Å². The Kier molecular flexibility index (Phi) is 5.44. The monoisotopic (exact) mass is 398 g/mol. The summed E-state index contributed by atoms with van der Waals surface area (Å²) in [6.45, 7) is 0. The number of halogens is 6. The SMILES string of the molecule is Cn1nc(C(F)(F)F)cc1-c1ccc(C(N)=NO)c(SCC(F)(F)F)c1. The predicted molar refractivity (Wildman–Crippen MR) is 82.9 cm³/mol. The number of alkyl halides is 6. The molecule has 12 heteroatoms. The molecule has 142 valence electrons. The molecule has 26 heavy (non-hydrogen) atoms. The maximum Gasteiger partial charge on any atom is 0.435 e. The van der Waals surface area contributed by atoms with Gasteiger partial charge in [-0.15, -0.1) is 11.8 Å². The van der Waals surface area contributed by atoms with Crippen LogP contribution in [0.4, 0.5) is 26.3 Å². The summed E-state index contributed by atoms with van der Waals surface area (Å²) in [5, 5.41) is 14.9. The van der Waals surface area contributed by atoms with Crippen LogP contribution in [0.25, 0.3) is 11.3 Å². The van der Waals surface area contributed by atoms with Crippen LogP contribution < -0.4 is 5.73 Å². The maximum atomic E-state index is 12.8. The van der Waals surface area contributed by atoms with E-state index in [2.05, 4.69) is 10.3 Å². The fourth-order valence-corrected chi connectivity index (χ4v) is 2.96. The first kappa shape index (κ1) is 19.9. The second kappa shape index (κ2) is 7.09. The number of hydrogen-bond donors (Lipinski definition) is 2. The Morgan fingerprint density at radius 3 is 2.38 bits per heavy atom. The van der Waals surface area contributed by atoms with Crippen molar-refractivity contribution >= 4 is 17.6 Å². The third kappa shape index (κ3) is 4.62. The number of amidine groups is 1. The van der Waals surface area contributed by atoms with Gasteiger partial charge in [0.25, 0.3) is 0 Å². The molecule has 1 aromatic heterocycles. The highest BCUT2D eigenvalue weighted by atomic mass is 32.2. The lowest BCUT2D eigenvalue weighted by Crippen LogP contribution is -2.16. The number of aryl methyl sites for hydroxylation is 1. The summed E-state index contributed by atoms with van der Waals surface area (Å²) in [5.41, 5.74) is 4.62. The van der Waals surface area contributed by atoms with Crippen molar-refractivity contribution in [2.24, 2.45) is 17.9 Å². The Bertz CT molecular complexity index is 828. The number of benzene rings is 1. The third-order valence-electron chi connectivity index (χ3n) is 3.22. The number of oxime groups is 1. The summed E-state index contributed by atoms with van der Waals surface area (Å²) in [6, 6.07) is 4.64. The Morgan fingerprint density at radius 2 is 1.88 bits per heavy atom. The van der Waals surface area contributed by atoms with Crippen LogP contribution in [0.3, 0.4) is 0 Å². The van der Waals surface area contributed by atoms with Gasteiger partial charge in [-0.2, -0.15) is 31.4 Å². The van der Waals surface area contributed by atoms with Crippen molar-refractivity contribution in [1.29, 1.82) is 0 Å². The molecule has 0 atom stereocenters. The Morgan fingerprint density at radius 1 is 1.23 bits per heavy atom. The summed E-state index contributed by atoms with van der Waals surface area (Å²) in [6.07, 6.45) is -9.13. The van der Waals surface area contributed by atoms with Gasteiger partial charge in [-0.05, 0) is 18.2 Å². The molecule has 0 amide bonds. The van der Waals surface area contributed by atoms with E-state index in [1.807, 2.05) is 0 Å². The maximum absolute atomic E-state index is 12.8. The second-order valence-electron chi connectivity index (χ2n) is 5.14. The Labute approximate surface area is 147 Å². The number of rotatable bonds is 4. The minimum absolute atomic E-state index is 0.00452. The van der Waals surface area contributed by atoms with Gasteiger partial charge in [-0.25, -0.2) is 0 Å². The van der Waals surface area contributed by atoms with Gasteiger partial charge in [-0.1, -0.05) is 11.2 Å². The molecule has 3 N–H and O–H groups in total.